The molecule has 0 aliphatic heterocycles. The topological polar surface area (TPSA) is 51.8 Å². The Balaban J connectivity index is 1.19. The molecule has 9 aromatic carbocycles. The van der Waals surface area contributed by atoms with Crippen molar-refractivity contribution >= 4 is 21.9 Å². The highest BCUT2D eigenvalue weighted by atomic mass is 16.3. The fraction of sp³-hybridized carbons (Fsp3) is 0.0172. The summed E-state index contributed by atoms with van der Waals surface area (Å²) in [6.07, 6.45) is 0. The minimum atomic E-state index is -0.660. The normalized spacial score (nSPS) is 12.6. The number of nitrogens with zero attached hydrogens (tertiary/aromatic N) is 3. The van der Waals surface area contributed by atoms with E-state index in [9.17, 15) is 0 Å². The van der Waals surface area contributed by atoms with Crippen LogP contribution in [0.5, 0.6) is 0 Å². The van der Waals surface area contributed by atoms with Crippen LogP contribution in [0.4, 0.5) is 0 Å². The van der Waals surface area contributed by atoms with Crippen molar-refractivity contribution in [2.24, 2.45) is 0 Å². The van der Waals surface area contributed by atoms with Gasteiger partial charge in [-0.2, -0.15) is 0 Å². The highest BCUT2D eigenvalue weighted by molar-refractivity contribution is 6.10. The Labute approximate surface area is 359 Å². The average molecular weight is 792 g/mol. The van der Waals surface area contributed by atoms with Gasteiger partial charge in [0.1, 0.15) is 11.2 Å². The van der Waals surface area contributed by atoms with Crippen LogP contribution in [0, 0.1) is 0 Å². The summed E-state index contributed by atoms with van der Waals surface area (Å²) < 4.78 is 6.74. The van der Waals surface area contributed by atoms with E-state index in [0.29, 0.717) is 17.5 Å². The monoisotopic (exact) mass is 791 g/mol. The number of aromatic nitrogens is 3. The van der Waals surface area contributed by atoms with Gasteiger partial charge in [0.15, 0.2) is 17.5 Å². The lowest BCUT2D eigenvalue weighted by Gasteiger charge is -2.34. The van der Waals surface area contributed by atoms with Gasteiger partial charge in [0.25, 0.3) is 0 Å². The average Bonchev–Trinajstić information content (AvgIpc) is 3.89. The molecule has 0 saturated heterocycles. The molecule has 4 heteroatoms. The third-order valence-electron chi connectivity index (χ3n) is 12.4. The molecule has 0 saturated carbocycles. The van der Waals surface area contributed by atoms with Gasteiger partial charge < -0.3 is 4.42 Å². The van der Waals surface area contributed by atoms with Crippen LogP contribution in [0.15, 0.2) is 229 Å². The molecule has 2 heterocycles. The Morgan fingerprint density at radius 3 is 1.52 bits per heavy atom. The summed E-state index contributed by atoms with van der Waals surface area (Å²) in [5.74, 6) is 1.82. The summed E-state index contributed by atoms with van der Waals surface area (Å²) in [6.45, 7) is 0. The number of para-hydroxylation sites is 2. The molecule has 0 spiro atoms. The van der Waals surface area contributed by atoms with Crippen molar-refractivity contribution in [3.63, 3.8) is 0 Å². The molecule has 4 nitrogen and oxygen atoms in total. The van der Waals surface area contributed by atoms with Crippen LogP contribution >= 0.6 is 0 Å². The van der Waals surface area contributed by atoms with Gasteiger partial charge in [0.05, 0.1) is 5.41 Å². The van der Waals surface area contributed by atoms with Gasteiger partial charge in [-0.15, -0.1) is 0 Å². The van der Waals surface area contributed by atoms with E-state index >= 15 is 0 Å². The first-order valence-electron chi connectivity index (χ1n) is 21.0. The van der Waals surface area contributed by atoms with E-state index in [1.165, 1.54) is 16.7 Å². The van der Waals surface area contributed by atoms with Crippen LogP contribution < -0.4 is 0 Å². The molecule has 0 amide bonds. The molecule has 0 N–H and O–H groups in total. The Morgan fingerprint density at radius 1 is 0.323 bits per heavy atom. The molecule has 12 rings (SSSR count). The van der Waals surface area contributed by atoms with Gasteiger partial charge in [-0.3, -0.25) is 0 Å². The molecule has 0 atom stereocenters. The minimum absolute atomic E-state index is 0.600. The summed E-state index contributed by atoms with van der Waals surface area (Å²) >= 11 is 0. The van der Waals surface area contributed by atoms with Crippen molar-refractivity contribution in [2.75, 3.05) is 0 Å². The van der Waals surface area contributed by atoms with Crippen molar-refractivity contribution in [1.29, 1.82) is 0 Å². The van der Waals surface area contributed by atoms with Crippen LogP contribution in [0.1, 0.15) is 22.3 Å². The second-order valence-electron chi connectivity index (χ2n) is 15.9. The third kappa shape index (κ3) is 5.65. The van der Waals surface area contributed by atoms with E-state index in [0.717, 1.165) is 77.6 Å². The van der Waals surface area contributed by atoms with Gasteiger partial charge in [-0.1, -0.05) is 206 Å². The van der Waals surface area contributed by atoms with Crippen molar-refractivity contribution < 1.29 is 4.42 Å². The fourth-order valence-corrected chi connectivity index (χ4v) is 9.66. The van der Waals surface area contributed by atoms with E-state index < -0.39 is 5.41 Å². The van der Waals surface area contributed by atoms with Crippen LogP contribution in [-0.4, -0.2) is 15.0 Å². The number of hydrogen-bond donors (Lipinski definition) is 0. The first kappa shape index (κ1) is 35.7. The Hall–Kier alpha value is -8.21. The smallest absolute Gasteiger partial charge is 0.164 e. The molecule has 1 aliphatic rings. The Morgan fingerprint density at radius 2 is 0.823 bits per heavy atom. The van der Waals surface area contributed by atoms with E-state index in [1.807, 2.05) is 36.4 Å². The molecular weight excluding hydrogens is 755 g/mol. The molecular formula is C58H37N3O. The standard InChI is InChI=1S/C58H37N3O/c1-5-18-38(19-6-1)39-32-34-41(35-33-39)56-59-55(40-20-7-2-8-21-40)60-57(61-56)49-36-42(45-28-17-29-47-46-26-14-16-31-52(46)62-54(45)47)37-51-53(49)48-27-13-15-30-50(48)58(51,43-22-9-3-10-23-43)44-24-11-4-12-25-44/h1-37H. The van der Waals surface area contributed by atoms with Gasteiger partial charge in [-0.25, -0.2) is 15.0 Å². The molecule has 11 aromatic rings. The van der Waals surface area contributed by atoms with E-state index in [-0.39, 0.29) is 0 Å². The second-order valence-corrected chi connectivity index (χ2v) is 15.9. The predicted octanol–water partition coefficient (Wildman–Crippen LogP) is 14.5. The van der Waals surface area contributed by atoms with E-state index in [1.54, 1.807) is 0 Å². The van der Waals surface area contributed by atoms with Crippen LogP contribution in [0.2, 0.25) is 0 Å². The van der Waals surface area contributed by atoms with E-state index in [4.69, 9.17) is 19.4 Å². The molecule has 290 valence electrons. The highest BCUT2D eigenvalue weighted by Gasteiger charge is 2.47. The van der Waals surface area contributed by atoms with Gasteiger partial charge in [0, 0.05) is 33.0 Å². The van der Waals surface area contributed by atoms with Crippen molar-refractivity contribution in [3.8, 4) is 67.5 Å². The maximum atomic E-state index is 6.74. The quantitative estimate of drug-likeness (QED) is 0.161. The molecule has 0 radical (unpaired) electrons. The number of benzene rings is 9. The Kier molecular flexibility index (Phi) is 8.36. The molecule has 0 unspecified atom stereocenters. The van der Waals surface area contributed by atoms with Gasteiger partial charge in [0.2, 0.25) is 0 Å². The number of furan rings is 1. The third-order valence-corrected chi connectivity index (χ3v) is 12.4. The van der Waals surface area contributed by atoms with Gasteiger partial charge >= 0.3 is 0 Å². The zero-order chi connectivity index (χ0) is 41.0. The number of rotatable bonds is 7. The number of fused-ring (bicyclic) bond motifs is 6. The van der Waals surface area contributed by atoms with E-state index in [2.05, 4.69) is 188 Å². The maximum Gasteiger partial charge on any atom is 0.164 e. The van der Waals surface area contributed by atoms with Crippen molar-refractivity contribution in [2.45, 2.75) is 5.41 Å². The zero-order valence-corrected chi connectivity index (χ0v) is 33.6. The Bertz CT molecular complexity index is 3390. The number of hydrogen-bond acceptors (Lipinski definition) is 4. The summed E-state index contributed by atoms with van der Waals surface area (Å²) in [4.78, 5) is 16.0. The van der Waals surface area contributed by atoms with Crippen LogP contribution in [0.3, 0.4) is 0 Å². The fourth-order valence-electron chi connectivity index (χ4n) is 9.66. The largest absolute Gasteiger partial charge is 0.455 e. The predicted molar refractivity (Wildman–Crippen MR) is 252 cm³/mol. The molecule has 62 heavy (non-hydrogen) atoms. The first-order chi connectivity index (χ1) is 30.7. The summed E-state index contributed by atoms with van der Waals surface area (Å²) in [5, 5.41) is 2.17. The first-order valence-corrected chi connectivity index (χ1v) is 21.0. The van der Waals surface area contributed by atoms with Crippen molar-refractivity contribution in [1.82, 2.24) is 15.0 Å². The molecule has 1 aliphatic carbocycles. The minimum Gasteiger partial charge on any atom is -0.455 e. The lowest BCUT2D eigenvalue weighted by atomic mass is 9.67. The second kappa shape index (κ2) is 14.5. The van der Waals surface area contributed by atoms with Gasteiger partial charge in [-0.05, 0) is 68.3 Å². The lowest BCUT2D eigenvalue weighted by molar-refractivity contribution is 0.670. The molecule has 0 bridgehead atoms. The summed E-state index contributed by atoms with van der Waals surface area (Å²) in [7, 11) is 0. The van der Waals surface area contributed by atoms with Crippen molar-refractivity contribution in [3.05, 3.63) is 247 Å². The zero-order valence-electron chi connectivity index (χ0n) is 33.6. The lowest BCUT2D eigenvalue weighted by Crippen LogP contribution is -2.28. The molecule has 0 fully saturated rings. The maximum absolute atomic E-state index is 6.74. The van der Waals surface area contributed by atoms with Crippen LogP contribution in [0.25, 0.3) is 89.5 Å². The summed E-state index contributed by atoms with van der Waals surface area (Å²) in [6, 6.07) is 79.3. The molecule has 2 aromatic heterocycles. The SMILES string of the molecule is c1ccc(-c2ccc(-c3nc(-c4ccccc4)nc(-c4cc(-c5cccc6c5oc5ccccc56)cc5c4-c4ccccc4C5(c4ccccc4)c4ccccc4)n3)cc2)cc1. The highest BCUT2D eigenvalue weighted by Crippen LogP contribution is 2.59. The van der Waals surface area contributed by atoms with Crippen LogP contribution in [-0.2, 0) is 5.41 Å². The summed E-state index contributed by atoms with van der Waals surface area (Å²) in [5.41, 5.74) is 15.1.